The van der Waals surface area contributed by atoms with E-state index in [-0.39, 0.29) is 18.3 Å². The van der Waals surface area contributed by atoms with Crippen molar-refractivity contribution >= 4 is 5.91 Å². The summed E-state index contributed by atoms with van der Waals surface area (Å²) >= 11 is 0. The van der Waals surface area contributed by atoms with E-state index in [4.69, 9.17) is 4.42 Å². The molecule has 1 heterocycles. The third-order valence-electron chi connectivity index (χ3n) is 3.30. The average Bonchev–Trinajstić information content (AvgIpc) is 3.04. The number of carbonyl (C=O) groups excluding carboxylic acids is 1. The van der Waals surface area contributed by atoms with Crippen molar-refractivity contribution in [3.63, 3.8) is 0 Å². The molecule has 0 saturated heterocycles. The predicted octanol–water partition coefficient (Wildman–Crippen LogP) is 3.15. The van der Waals surface area contributed by atoms with Crippen LogP contribution in [0.3, 0.4) is 0 Å². The Balaban J connectivity index is 1.71. The van der Waals surface area contributed by atoms with Gasteiger partial charge in [-0.15, -0.1) is 10.2 Å². The van der Waals surface area contributed by atoms with Crippen molar-refractivity contribution in [2.45, 2.75) is 6.54 Å². The molecule has 3 rings (SSSR count). The lowest BCUT2D eigenvalue weighted by Crippen LogP contribution is -2.26. The molecule has 1 amide bonds. The zero-order valence-electron chi connectivity index (χ0n) is 12.4. The van der Waals surface area contributed by atoms with Gasteiger partial charge in [-0.1, -0.05) is 18.2 Å². The van der Waals surface area contributed by atoms with E-state index in [0.29, 0.717) is 17.3 Å². The fourth-order valence-electron chi connectivity index (χ4n) is 2.10. The van der Waals surface area contributed by atoms with Crippen LogP contribution < -0.4 is 0 Å². The number of nitrogens with zero attached hydrogens (tertiary/aromatic N) is 3. The molecule has 0 atom stereocenters. The van der Waals surface area contributed by atoms with Crippen LogP contribution in [0.5, 0.6) is 0 Å². The second-order valence-corrected chi connectivity index (χ2v) is 5.04. The molecule has 5 nitrogen and oxygen atoms in total. The highest BCUT2D eigenvalue weighted by atomic mass is 19.1. The largest absolute Gasteiger partial charge is 0.419 e. The summed E-state index contributed by atoms with van der Waals surface area (Å²) in [4.78, 5) is 13.7. The zero-order chi connectivity index (χ0) is 16.2. The molecule has 2 aromatic carbocycles. The first kappa shape index (κ1) is 14.9. The molecule has 116 valence electrons. The Morgan fingerprint density at radius 3 is 2.48 bits per heavy atom. The summed E-state index contributed by atoms with van der Waals surface area (Å²) in [7, 11) is 1.62. The number of carbonyl (C=O) groups is 1. The van der Waals surface area contributed by atoms with Crippen molar-refractivity contribution in [1.29, 1.82) is 0 Å². The molecule has 6 heteroatoms. The first-order valence-electron chi connectivity index (χ1n) is 7.02. The number of hydrogen-bond acceptors (Lipinski definition) is 4. The highest BCUT2D eigenvalue weighted by Crippen LogP contribution is 2.18. The standard InChI is InChI=1S/C17H14FN3O2/c1-21(17(22)13-7-9-14(18)10-8-13)11-15-19-20-16(23-15)12-5-3-2-4-6-12/h2-10H,11H2,1H3. The van der Waals surface area contributed by atoms with E-state index in [1.807, 2.05) is 30.3 Å². The predicted molar refractivity (Wildman–Crippen MR) is 81.9 cm³/mol. The Kier molecular flexibility index (Phi) is 4.14. The molecule has 0 unspecified atom stereocenters. The molecule has 0 aliphatic heterocycles. The molecule has 23 heavy (non-hydrogen) atoms. The topological polar surface area (TPSA) is 59.2 Å². The van der Waals surface area contributed by atoms with Gasteiger partial charge in [-0.25, -0.2) is 4.39 Å². The van der Waals surface area contributed by atoms with Crippen molar-refractivity contribution in [3.05, 3.63) is 71.9 Å². The van der Waals surface area contributed by atoms with E-state index in [9.17, 15) is 9.18 Å². The van der Waals surface area contributed by atoms with Gasteiger partial charge in [-0.05, 0) is 36.4 Å². The summed E-state index contributed by atoms with van der Waals surface area (Å²) in [5.41, 5.74) is 1.22. The fourth-order valence-corrected chi connectivity index (χ4v) is 2.10. The summed E-state index contributed by atoms with van der Waals surface area (Å²) in [6.45, 7) is 0.177. The highest BCUT2D eigenvalue weighted by Gasteiger charge is 2.16. The number of amides is 1. The van der Waals surface area contributed by atoms with Crippen molar-refractivity contribution in [3.8, 4) is 11.5 Å². The molecule has 0 aliphatic carbocycles. The van der Waals surface area contributed by atoms with E-state index in [1.165, 1.54) is 29.2 Å². The molecule has 0 radical (unpaired) electrons. The summed E-state index contributed by atoms with van der Waals surface area (Å²) in [5, 5.41) is 7.93. The van der Waals surface area contributed by atoms with E-state index in [2.05, 4.69) is 10.2 Å². The van der Waals surface area contributed by atoms with Crippen LogP contribution in [-0.2, 0) is 6.54 Å². The molecule has 0 aliphatic rings. The molecule has 3 aromatic rings. The summed E-state index contributed by atoms with van der Waals surface area (Å²) in [5.74, 6) is 0.114. The van der Waals surface area contributed by atoms with Crippen molar-refractivity contribution in [2.24, 2.45) is 0 Å². The lowest BCUT2D eigenvalue weighted by molar-refractivity contribution is 0.0773. The summed E-state index contributed by atoms with van der Waals surface area (Å²) in [6.07, 6.45) is 0. The Morgan fingerprint density at radius 2 is 1.78 bits per heavy atom. The molecule has 1 aromatic heterocycles. The number of aromatic nitrogens is 2. The van der Waals surface area contributed by atoms with Crippen molar-refractivity contribution in [2.75, 3.05) is 7.05 Å². The minimum absolute atomic E-state index is 0.177. The van der Waals surface area contributed by atoms with Crippen LogP contribution in [0.4, 0.5) is 4.39 Å². The van der Waals surface area contributed by atoms with Gasteiger partial charge in [0, 0.05) is 18.2 Å². The maximum atomic E-state index is 12.9. The first-order valence-corrected chi connectivity index (χ1v) is 7.02. The minimum Gasteiger partial charge on any atom is -0.419 e. The lowest BCUT2D eigenvalue weighted by atomic mass is 10.2. The smallest absolute Gasteiger partial charge is 0.254 e. The van der Waals surface area contributed by atoms with Gasteiger partial charge in [0.1, 0.15) is 5.82 Å². The maximum Gasteiger partial charge on any atom is 0.254 e. The SMILES string of the molecule is CN(Cc1nnc(-c2ccccc2)o1)C(=O)c1ccc(F)cc1. The molecule has 0 saturated carbocycles. The van der Waals surface area contributed by atoms with Crippen molar-refractivity contribution in [1.82, 2.24) is 15.1 Å². The molecule has 0 bridgehead atoms. The number of hydrogen-bond donors (Lipinski definition) is 0. The van der Waals surface area contributed by atoms with Crippen LogP contribution in [-0.4, -0.2) is 28.1 Å². The zero-order valence-corrected chi connectivity index (χ0v) is 12.4. The second kappa shape index (κ2) is 6.39. The van der Waals surface area contributed by atoms with E-state index >= 15 is 0 Å². The van der Waals surface area contributed by atoms with Gasteiger partial charge in [-0.2, -0.15) is 0 Å². The van der Waals surface area contributed by atoms with Gasteiger partial charge in [0.25, 0.3) is 5.91 Å². The Bertz CT molecular complexity index is 800. The van der Waals surface area contributed by atoms with Crippen LogP contribution in [0.15, 0.2) is 59.0 Å². The quantitative estimate of drug-likeness (QED) is 0.742. The van der Waals surface area contributed by atoms with E-state index in [0.717, 1.165) is 5.56 Å². The van der Waals surface area contributed by atoms with Gasteiger partial charge >= 0.3 is 0 Å². The Labute approximate surface area is 132 Å². The van der Waals surface area contributed by atoms with Crippen LogP contribution >= 0.6 is 0 Å². The third-order valence-corrected chi connectivity index (χ3v) is 3.30. The highest BCUT2D eigenvalue weighted by molar-refractivity contribution is 5.93. The summed E-state index contributed by atoms with van der Waals surface area (Å²) in [6, 6.07) is 14.8. The number of rotatable bonds is 4. The first-order chi connectivity index (χ1) is 11.1. The van der Waals surface area contributed by atoms with Crippen LogP contribution in [0.25, 0.3) is 11.5 Å². The van der Waals surface area contributed by atoms with Gasteiger partial charge in [-0.3, -0.25) is 4.79 Å². The van der Waals surface area contributed by atoms with Gasteiger partial charge in [0.15, 0.2) is 0 Å². The monoisotopic (exact) mass is 311 g/mol. The minimum atomic E-state index is -0.381. The average molecular weight is 311 g/mol. The number of halogens is 1. The van der Waals surface area contributed by atoms with Crippen LogP contribution in [0.2, 0.25) is 0 Å². The third kappa shape index (κ3) is 3.42. The van der Waals surface area contributed by atoms with Gasteiger partial charge in [0.05, 0.1) is 6.54 Å². The Hall–Kier alpha value is -3.02. The van der Waals surface area contributed by atoms with E-state index < -0.39 is 0 Å². The van der Waals surface area contributed by atoms with Gasteiger partial charge in [0.2, 0.25) is 11.8 Å². The molecule has 0 spiro atoms. The summed E-state index contributed by atoms with van der Waals surface area (Å²) < 4.78 is 18.5. The van der Waals surface area contributed by atoms with Crippen LogP contribution in [0, 0.1) is 5.82 Å². The molecular formula is C17H14FN3O2. The van der Waals surface area contributed by atoms with Gasteiger partial charge < -0.3 is 9.32 Å². The van der Waals surface area contributed by atoms with E-state index in [1.54, 1.807) is 7.05 Å². The fraction of sp³-hybridized carbons (Fsp3) is 0.118. The van der Waals surface area contributed by atoms with Crippen molar-refractivity contribution < 1.29 is 13.6 Å². The Morgan fingerprint density at radius 1 is 1.09 bits per heavy atom. The second-order valence-electron chi connectivity index (χ2n) is 5.04. The molecule has 0 fully saturated rings. The normalized spacial score (nSPS) is 10.5. The lowest BCUT2D eigenvalue weighted by Gasteiger charge is -2.14. The maximum absolute atomic E-state index is 12.9. The molecular weight excluding hydrogens is 297 g/mol. The molecule has 0 N–H and O–H groups in total. The van der Waals surface area contributed by atoms with Crippen LogP contribution in [0.1, 0.15) is 16.2 Å². The number of benzene rings is 2.